The number of carbonyl (C=O) groups excluding carboxylic acids is 1. The van der Waals surface area contributed by atoms with Crippen molar-refractivity contribution < 1.29 is 9.53 Å². The molecule has 0 aromatic heterocycles. The molecular formula is C16H22O2. The summed E-state index contributed by atoms with van der Waals surface area (Å²) in [6, 6.07) is 5.65. The average molecular weight is 246 g/mol. The zero-order valence-electron chi connectivity index (χ0n) is 11.4. The number of unbranched alkanes of at least 4 members (excludes halogenated alkanes) is 3. The highest BCUT2D eigenvalue weighted by Gasteiger charge is 2.08. The van der Waals surface area contributed by atoms with E-state index in [9.17, 15) is 4.79 Å². The summed E-state index contributed by atoms with van der Waals surface area (Å²) >= 11 is 0. The first kappa shape index (κ1) is 14.5. The Morgan fingerprint density at radius 3 is 2.78 bits per heavy atom. The predicted molar refractivity (Wildman–Crippen MR) is 75.3 cm³/mol. The minimum atomic E-state index is 0.201. The number of hydrogen-bond acceptors (Lipinski definition) is 2. The van der Waals surface area contributed by atoms with Crippen LogP contribution in [0.15, 0.2) is 30.9 Å². The van der Waals surface area contributed by atoms with Crippen LogP contribution in [0.5, 0.6) is 5.75 Å². The number of rotatable bonds is 8. The molecule has 0 bridgehead atoms. The minimum Gasteiger partial charge on any atom is -0.496 e. The van der Waals surface area contributed by atoms with Gasteiger partial charge in [-0.3, -0.25) is 4.79 Å². The van der Waals surface area contributed by atoms with Crippen molar-refractivity contribution >= 4 is 5.78 Å². The van der Waals surface area contributed by atoms with Crippen molar-refractivity contribution in [2.75, 3.05) is 7.11 Å². The van der Waals surface area contributed by atoms with Crippen molar-refractivity contribution in [3.63, 3.8) is 0 Å². The van der Waals surface area contributed by atoms with E-state index < -0.39 is 0 Å². The molecule has 1 rings (SSSR count). The molecule has 0 amide bonds. The Labute approximate surface area is 110 Å². The first-order chi connectivity index (χ1) is 8.69. The van der Waals surface area contributed by atoms with Crippen LogP contribution in [-0.2, 0) is 0 Å². The van der Waals surface area contributed by atoms with Crippen LogP contribution < -0.4 is 4.74 Å². The van der Waals surface area contributed by atoms with Gasteiger partial charge in [0.15, 0.2) is 5.78 Å². The van der Waals surface area contributed by atoms with Gasteiger partial charge < -0.3 is 4.74 Å². The van der Waals surface area contributed by atoms with Gasteiger partial charge in [0.25, 0.3) is 0 Å². The maximum absolute atomic E-state index is 12.0. The summed E-state index contributed by atoms with van der Waals surface area (Å²) in [5, 5.41) is 0. The van der Waals surface area contributed by atoms with Gasteiger partial charge in [0.2, 0.25) is 0 Å². The minimum absolute atomic E-state index is 0.201. The Morgan fingerprint density at radius 2 is 2.11 bits per heavy atom. The van der Waals surface area contributed by atoms with Crippen molar-refractivity contribution in [1.82, 2.24) is 0 Å². The number of carbonyl (C=O) groups is 1. The lowest BCUT2D eigenvalue weighted by Crippen LogP contribution is -2.00. The number of ketones is 1. The summed E-state index contributed by atoms with van der Waals surface area (Å²) in [4.78, 5) is 12.0. The molecule has 0 spiro atoms. The van der Waals surface area contributed by atoms with E-state index >= 15 is 0 Å². The van der Waals surface area contributed by atoms with E-state index in [1.54, 1.807) is 7.11 Å². The summed E-state index contributed by atoms with van der Waals surface area (Å²) in [7, 11) is 1.63. The molecule has 1 aromatic rings. The molecule has 2 nitrogen and oxygen atoms in total. The molecule has 0 heterocycles. The number of allylic oxidation sites excluding steroid dienone is 1. The largest absolute Gasteiger partial charge is 0.496 e. The highest BCUT2D eigenvalue weighted by molar-refractivity contribution is 5.96. The zero-order chi connectivity index (χ0) is 13.4. The predicted octanol–water partition coefficient (Wildman–Crippen LogP) is 4.32. The van der Waals surface area contributed by atoms with Crippen LogP contribution in [0.4, 0.5) is 0 Å². The smallest absolute Gasteiger partial charge is 0.163 e. The third kappa shape index (κ3) is 4.36. The molecule has 0 fully saturated rings. The number of aryl methyl sites for hydroxylation is 1. The fourth-order valence-electron chi connectivity index (χ4n) is 1.89. The lowest BCUT2D eigenvalue weighted by Gasteiger charge is -2.07. The van der Waals surface area contributed by atoms with Gasteiger partial charge in [-0.1, -0.05) is 24.6 Å². The Bertz CT molecular complexity index is 408. The number of Topliss-reactive ketones (excluding diaryl/α,β-unsaturated/α-hetero) is 1. The highest BCUT2D eigenvalue weighted by atomic mass is 16.5. The van der Waals surface area contributed by atoms with Gasteiger partial charge in [-0.15, -0.1) is 6.58 Å². The molecule has 2 heteroatoms. The van der Waals surface area contributed by atoms with Gasteiger partial charge in [0.05, 0.1) is 7.11 Å². The van der Waals surface area contributed by atoms with Crippen LogP contribution in [0.3, 0.4) is 0 Å². The second-order valence-electron chi connectivity index (χ2n) is 4.50. The standard InChI is InChI=1S/C16H22O2/c1-4-5-6-7-8-9-15(17)14-11-10-13(2)16(12-14)18-3/h4,10-12H,1,5-9H2,2-3H3. The molecule has 0 aliphatic heterocycles. The van der Waals surface area contributed by atoms with Gasteiger partial charge >= 0.3 is 0 Å². The van der Waals surface area contributed by atoms with Crippen LogP contribution in [0.25, 0.3) is 0 Å². The van der Waals surface area contributed by atoms with Crippen LogP contribution in [0.2, 0.25) is 0 Å². The first-order valence-electron chi connectivity index (χ1n) is 6.47. The van der Waals surface area contributed by atoms with Crippen LogP contribution in [0, 0.1) is 6.92 Å². The molecule has 98 valence electrons. The van der Waals surface area contributed by atoms with E-state index in [1.165, 1.54) is 0 Å². The summed E-state index contributed by atoms with van der Waals surface area (Å²) in [5.74, 6) is 0.986. The third-order valence-electron chi connectivity index (χ3n) is 3.04. The average Bonchev–Trinajstić information content (AvgIpc) is 2.38. The fraction of sp³-hybridized carbons (Fsp3) is 0.438. The van der Waals surface area contributed by atoms with E-state index in [0.717, 1.165) is 42.6 Å². The topological polar surface area (TPSA) is 26.3 Å². The Morgan fingerprint density at radius 1 is 1.33 bits per heavy atom. The molecule has 0 radical (unpaired) electrons. The van der Waals surface area contributed by atoms with Crippen LogP contribution in [0.1, 0.15) is 48.0 Å². The second-order valence-corrected chi connectivity index (χ2v) is 4.50. The number of methoxy groups -OCH3 is 1. The molecule has 0 atom stereocenters. The van der Waals surface area contributed by atoms with Crippen molar-refractivity contribution in [2.45, 2.75) is 39.0 Å². The van der Waals surface area contributed by atoms with Gasteiger partial charge in [-0.25, -0.2) is 0 Å². The van der Waals surface area contributed by atoms with E-state index in [0.29, 0.717) is 6.42 Å². The summed E-state index contributed by atoms with van der Waals surface area (Å²) in [6.45, 7) is 5.66. The monoisotopic (exact) mass is 246 g/mol. The second kappa shape index (κ2) is 7.70. The molecule has 0 saturated heterocycles. The van der Waals surface area contributed by atoms with E-state index in [2.05, 4.69) is 6.58 Å². The van der Waals surface area contributed by atoms with Crippen molar-refractivity contribution in [3.05, 3.63) is 42.0 Å². The SMILES string of the molecule is C=CCCCCCC(=O)c1ccc(C)c(OC)c1. The van der Waals surface area contributed by atoms with E-state index in [1.807, 2.05) is 31.2 Å². The highest BCUT2D eigenvalue weighted by Crippen LogP contribution is 2.20. The summed E-state index contributed by atoms with van der Waals surface area (Å²) in [5.41, 5.74) is 1.81. The van der Waals surface area contributed by atoms with Crippen LogP contribution >= 0.6 is 0 Å². The molecule has 0 unspecified atom stereocenters. The molecule has 1 aromatic carbocycles. The summed E-state index contributed by atoms with van der Waals surface area (Å²) < 4.78 is 5.23. The van der Waals surface area contributed by atoms with Gasteiger partial charge in [-0.05, 0) is 37.8 Å². The van der Waals surface area contributed by atoms with E-state index in [4.69, 9.17) is 4.74 Å². The molecule has 0 aliphatic rings. The number of benzene rings is 1. The third-order valence-corrected chi connectivity index (χ3v) is 3.04. The Balaban J connectivity index is 2.48. The lowest BCUT2D eigenvalue weighted by molar-refractivity contribution is 0.0979. The van der Waals surface area contributed by atoms with Crippen molar-refractivity contribution in [2.24, 2.45) is 0 Å². The van der Waals surface area contributed by atoms with Gasteiger partial charge in [0, 0.05) is 12.0 Å². The van der Waals surface area contributed by atoms with Crippen LogP contribution in [-0.4, -0.2) is 12.9 Å². The van der Waals surface area contributed by atoms with E-state index in [-0.39, 0.29) is 5.78 Å². The molecule has 0 N–H and O–H groups in total. The molecule has 0 aliphatic carbocycles. The van der Waals surface area contributed by atoms with Gasteiger partial charge in [0.1, 0.15) is 5.75 Å². The number of ether oxygens (including phenoxy) is 1. The van der Waals surface area contributed by atoms with Gasteiger partial charge in [-0.2, -0.15) is 0 Å². The molecule has 0 saturated carbocycles. The zero-order valence-corrected chi connectivity index (χ0v) is 11.4. The first-order valence-corrected chi connectivity index (χ1v) is 6.47. The Kier molecular flexibility index (Phi) is 6.20. The molecule has 18 heavy (non-hydrogen) atoms. The number of hydrogen-bond donors (Lipinski definition) is 0. The maximum atomic E-state index is 12.0. The van der Waals surface area contributed by atoms with Crippen molar-refractivity contribution in [1.29, 1.82) is 0 Å². The summed E-state index contributed by atoms with van der Waals surface area (Å²) in [6.07, 6.45) is 6.72. The maximum Gasteiger partial charge on any atom is 0.163 e. The lowest BCUT2D eigenvalue weighted by atomic mass is 10.0. The Hall–Kier alpha value is -1.57. The normalized spacial score (nSPS) is 10.1. The van der Waals surface area contributed by atoms with Crippen molar-refractivity contribution in [3.8, 4) is 5.75 Å². The quantitative estimate of drug-likeness (QED) is 0.388. The fourth-order valence-corrected chi connectivity index (χ4v) is 1.89. The molecular weight excluding hydrogens is 224 g/mol.